The third kappa shape index (κ3) is 4.67. The zero-order valence-corrected chi connectivity index (χ0v) is 19.5. The van der Waals surface area contributed by atoms with Crippen LogP contribution in [0.4, 0.5) is 21.8 Å². The number of nitrogens with zero attached hydrogens (tertiary/aromatic N) is 4. The Kier molecular flexibility index (Phi) is 6.30. The van der Waals surface area contributed by atoms with Crippen molar-refractivity contribution in [3.05, 3.63) is 53.1 Å². The van der Waals surface area contributed by atoms with Crippen molar-refractivity contribution in [3.8, 4) is 11.8 Å². The third-order valence-corrected chi connectivity index (χ3v) is 5.33. The molecule has 0 bridgehead atoms. The molecule has 3 aromatic heterocycles. The monoisotopic (exact) mass is 449 g/mol. The number of ether oxygens (including phenoxy) is 1. The predicted octanol–water partition coefficient (Wildman–Crippen LogP) is 5.85. The Morgan fingerprint density at radius 2 is 1.88 bits per heavy atom. The van der Waals surface area contributed by atoms with Gasteiger partial charge in [-0.05, 0) is 58.4 Å². The minimum atomic E-state index is -0.449. The summed E-state index contributed by atoms with van der Waals surface area (Å²) in [7, 11) is 0. The summed E-state index contributed by atoms with van der Waals surface area (Å²) in [6.07, 6.45) is 3.84. The highest BCUT2D eigenvalue weighted by molar-refractivity contribution is 5.85. The van der Waals surface area contributed by atoms with E-state index in [4.69, 9.17) is 4.74 Å². The van der Waals surface area contributed by atoms with Crippen LogP contribution in [0, 0.1) is 19.7 Å². The normalized spacial score (nSPS) is 11.5. The quantitative estimate of drug-likeness (QED) is 0.312. The molecule has 0 fully saturated rings. The Morgan fingerprint density at radius 3 is 2.61 bits per heavy atom. The van der Waals surface area contributed by atoms with Crippen LogP contribution in [0.1, 0.15) is 37.7 Å². The van der Waals surface area contributed by atoms with Crippen molar-refractivity contribution >= 4 is 34.4 Å². The van der Waals surface area contributed by atoms with Gasteiger partial charge in [-0.2, -0.15) is 15.1 Å². The molecular weight excluding hydrogens is 421 g/mol. The standard InChI is InChI=1S/C24H28FN7O/c1-6-9-16-12-20(31-30-16)27-19-13-21(32(7-2)8-3)29-24(28-19)33-18-10-14(4)23-17(22(18)25)11-15(5)26-23/h6,9-13,26H,7-8H2,1-5H3,(H2,27,28,29,30,31)/b9-6+. The molecule has 4 aromatic rings. The summed E-state index contributed by atoms with van der Waals surface area (Å²) in [5, 5.41) is 10.9. The number of rotatable bonds is 8. The first-order valence-electron chi connectivity index (χ1n) is 11.0. The minimum Gasteiger partial charge on any atom is -0.421 e. The number of aromatic nitrogens is 5. The van der Waals surface area contributed by atoms with Crippen LogP contribution < -0.4 is 15.0 Å². The highest BCUT2D eigenvalue weighted by Gasteiger charge is 2.17. The van der Waals surface area contributed by atoms with Gasteiger partial charge in [-0.15, -0.1) is 0 Å². The number of nitrogens with one attached hydrogen (secondary N) is 3. The first-order chi connectivity index (χ1) is 15.9. The molecule has 0 saturated carbocycles. The second-order valence-corrected chi connectivity index (χ2v) is 7.75. The zero-order valence-electron chi connectivity index (χ0n) is 19.5. The van der Waals surface area contributed by atoms with Gasteiger partial charge in [0.15, 0.2) is 17.4 Å². The van der Waals surface area contributed by atoms with Crippen molar-refractivity contribution < 1.29 is 9.13 Å². The van der Waals surface area contributed by atoms with E-state index in [1.165, 1.54) is 0 Å². The number of halogens is 1. The molecule has 8 nitrogen and oxygen atoms in total. The summed E-state index contributed by atoms with van der Waals surface area (Å²) in [5.41, 5.74) is 3.38. The number of hydrogen-bond acceptors (Lipinski definition) is 6. The summed E-state index contributed by atoms with van der Waals surface area (Å²) in [6, 6.07) is 7.17. The van der Waals surface area contributed by atoms with E-state index in [2.05, 4.69) is 35.4 Å². The van der Waals surface area contributed by atoms with E-state index >= 15 is 4.39 Å². The molecule has 33 heavy (non-hydrogen) atoms. The lowest BCUT2D eigenvalue weighted by atomic mass is 10.1. The van der Waals surface area contributed by atoms with Crippen molar-refractivity contribution in [1.82, 2.24) is 25.1 Å². The van der Waals surface area contributed by atoms with Crippen molar-refractivity contribution in [2.24, 2.45) is 0 Å². The molecule has 0 radical (unpaired) electrons. The summed E-state index contributed by atoms with van der Waals surface area (Å²) in [5.74, 6) is 1.40. The molecule has 0 atom stereocenters. The van der Waals surface area contributed by atoms with Gasteiger partial charge in [0.2, 0.25) is 0 Å². The maximum absolute atomic E-state index is 15.2. The number of anilines is 3. The van der Waals surface area contributed by atoms with Crippen LogP contribution in [0.3, 0.4) is 0 Å². The number of fused-ring (bicyclic) bond motifs is 1. The predicted molar refractivity (Wildman–Crippen MR) is 130 cm³/mol. The SMILES string of the molecule is C/C=C/c1cc(Nc2cc(N(CC)CC)nc(Oc3cc(C)c4[nH]c(C)cc4c3F)n2)n[nH]1. The maximum Gasteiger partial charge on any atom is 0.326 e. The summed E-state index contributed by atoms with van der Waals surface area (Å²) in [4.78, 5) is 14.3. The smallest absolute Gasteiger partial charge is 0.326 e. The van der Waals surface area contributed by atoms with Gasteiger partial charge in [0.1, 0.15) is 11.6 Å². The van der Waals surface area contributed by atoms with Gasteiger partial charge in [0, 0.05) is 36.3 Å². The average molecular weight is 450 g/mol. The van der Waals surface area contributed by atoms with E-state index in [0.717, 1.165) is 35.6 Å². The summed E-state index contributed by atoms with van der Waals surface area (Å²) in [6.45, 7) is 11.3. The summed E-state index contributed by atoms with van der Waals surface area (Å²) < 4.78 is 21.1. The Morgan fingerprint density at radius 1 is 1.09 bits per heavy atom. The van der Waals surface area contributed by atoms with Crippen LogP contribution in [0.2, 0.25) is 0 Å². The molecule has 3 heterocycles. The van der Waals surface area contributed by atoms with Crippen molar-refractivity contribution in [2.45, 2.75) is 34.6 Å². The Hall–Kier alpha value is -3.88. The molecule has 4 rings (SSSR count). The fourth-order valence-corrected chi connectivity index (χ4v) is 3.74. The molecule has 9 heteroatoms. The fraction of sp³-hybridized carbons (Fsp3) is 0.292. The zero-order chi connectivity index (χ0) is 23.5. The van der Waals surface area contributed by atoms with Crippen LogP contribution in [0.15, 0.2) is 30.3 Å². The third-order valence-electron chi connectivity index (χ3n) is 5.33. The molecule has 0 aliphatic carbocycles. The number of aromatic amines is 2. The highest BCUT2D eigenvalue weighted by Crippen LogP contribution is 2.33. The fourth-order valence-electron chi connectivity index (χ4n) is 3.74. The van der Waals surface area contributed by atoms with E-state index in [9.17, 15) is 0 Å². The highest BCUT2D eigenvalue weighted by atomic mass is 19.1. The van der Waals surface area contributed by atoms with Gasteiger partial charge in [-0.3, -0.25) is 5.10 Å². The molecule has 0 spiro atoms. The second-order valence-electron chi connectivity index (χ2n) is 7.75. The van der Waals surface area contributed by atoms with Crippen LogP contribution in [0.25, 0.3) is 17.0 Å². The van der Waals surface area contributed by atoms with Crippen molar-refractivity contribution in [2.75, 3.05) is 23.3 Å². The van der Waals surface area contributed by atoms with Crippen LogP contribution >= 0.6 is 0 Å². The number of H-pyrrole nitrogens is 2. The molecule has 1 aromatic carbocycles. The molecule has 172 valence electrons. The van der Waals surface area contributed by atoms with E-state index in [1.54, 1.807) is 12.1 Å². The van der Waals surface area contributed by atoms with Gasteiger partial charge < -0.3 is 19.9 Å². The van der Waals surface area contributed by atoms with Gasteiger partial charge in [-0.25, -0.2) is 4.39 Å². The maximum atomic E-state index is 15.2. The minimum absolute atomic E-state index is 0.0519. The first kappa shape index (κ1) is 22.3. The van der Waals surface area contributed by atoms with E-state index < -0.39 is 5.82 Å². The molecular formula is C24H28FN7O. The van der Waals surface area contributed by atoms with Crippen LogP contribution in [0.5, 0.6) is 11.8 Å². The average Bonchev–Trinajstić information content (AvgIpc) is 3.39. The lowest BCUT2D eigenvalue weighted by molar-refractivity contribution is 0.414. The molecule has 0 saturated heterocycles. The molecule has 3 N–H and O–H groups in total. The Bertz CT molecular complexity index is 1300. The van der Waals surface area contributed by atoms with E-state index in [0.29, 0.717) is 22.8 Å². The van der Waals surface area contributed by atoms with Gasteiger partial charge in [0.25, 0.3) is 0 Å². The second kappa shape index (κ2) is 9.32. The number of allylic oxidation sites excluding steroid dienone is 1. The number of aryl methyl sites for hydroxylation is 2. The number of hydrogen-bond donors (Lipinski definition) is 3. The lowest BCUT2D eigenvalue weighted by Gasteiger charge is -2.21. The van der Waals surface area contributed by atoms with Crippen LogP contribution in [-0.2, 0) is 0 Å². The first-order valence-corrected chi connectivity index (χ1v) is 11.0. The van der Waals surface area contributed by atoms with E-state index in [1.807, 2.05) is 58.9 Å². The van der Waals surface area contributed by atoms with Crippen molar-refractivity contribution in [3.63, 3.8) is 0 Å². The van der Waals surface area contributed by atoms with Gasteiger partial charge >= 0.3 is 6.01 Å². The van der Waals surface area contributed by atoms with Crippen molar-refractivity contribution in [1.29, 1.82) is 0 Å². The van der Waals surface area contributed by atoms with Crippen LogP contribution in [-0.4, -0.2) is 38.2 Å². The summed E-state index contributed by atoms with van der Waals surface area (Å²) >= 11 is 0. The molecule has 0 aliphatic heterocycles. The molecule has 0 aliphatic rings. The van der Waals surface area contributed by atoms with Gasteiger partial charge in [-0.1, -0.05) is 6.08 Å². The Labute approximate surface area is 191 Å². The van der Waals surface area contributed by atoms with Gasteiger partial charge in [0.05, 0.1) is 11.2 Å². The molecule has 0 unspecified atom stereocenters. The lowest BCUT2D eigenvalue weighted by Crippen LogP contribution is -2.23. The molecule has 0 amide bonds. The number of benzene rings is 1. The largest absolute Gasteiger partial charge is 0.421 e. The topological polar surface area (TPSA) is 94.8 Å². The Balaban J connectivity index is 1.72. The van der Waals surface area contributed by atoms with E-state index in [-0.39, 0.29) is 11.8 Å².